The molecule has 0 amide bonds. The van der Waals surface area contributed by atoms with E-state index in [0.717, 1.165) is 49.8 Å². The number of furan rings is 1. The first-order chi connectivity index (χ1) is 23.8. The van der Waals surface area contributed by atoms with E-state index in [1.807, 2.05) is 84.1 Å². The van der Waals surface area contributed by atoms with Crippen LogP contribution in [0.15, 0.2) is 156 Å². The average molecular weight is 632 g/mol. The molecule has 0 bridgehead atoms. The molecule has 4 nitrogen and oxygen atoms in total. The van der Waals surface area contributed by atoms with Gasteiger partial charge in [-0.25, -0.2) is 15.0 Å². The molecule has 0 aliphatic heterocycles. The molecule has 0 atom stereocenters. The summed E-state index contributed by atoms with van der Waals surface area (Å²) in [7, 11) is 0. The van der Waals surface area contributed by atoms with Crippen molar-refractivity contribution in [3.05, 3.63) is 152 Å². The minimum absolute atomic E-state index is 0.607. The summed E-state index contributed by atoms with van der Waals surface area (Å²) in [5, 5.41) is 7.06. The highest BCUT2D eigenvalue weighted by Gasteiger charge is 2.22. The van der Waals surface area contributed by atoms with Crippen molar-refractivity contribution in [1.82, 2.24) is 15.0 Å². The minimum atomic E-state index is 0.607. The Morgan fingerprint density at radius 3 is 1.75 bits per heavy atom. The molecule has 0 aliphatic rings. The fourth-order valence-electron chi connectivity index (χ4n) is 6.93. The van der Waals surface area contributed by atoms with E-state index in [-0.39, 0.29) is 0 Å². The Bertz CT molecular complexity index is 2780. The maximum absolute atomic E-state index is 6.75. The predicted octanol–water partition coefficient (Wildman–Crippen LogP) is 12.0. The van der Waals surface area contributed by atoms with Crippen LogP contribution in [0.2, 0.25) is 0 Å². The summed E-state index contributed by atoms with van der Waals surface area (Å²) >= 11 is 1.86. The summed E-state index contributed by atoms with van der Waals surface area (Å²) in [6, 6.07) is 52.5. The number of benzene rings is 7. The summed E-state index contributed by atoms with van der Waals surface area (Å²) in [5.74, 6) is 1.87. The van der Waals surface area contributed by atoms with E-state index in [1.54, 1.807) is 0 Å². The van der Waals surface area contributed by atoms with Gasteiger partial charge in [0.25, 0.3) is 0 Å². The van der Waals surface area contributed by atoms with Crippen molar-refractivity contribution < 1.29 is 4.42 Å². The van der Waals surface area contributed by atoms with Gasteiger partial charge < -0.3 is 4.42 Å². The molecule has 0 saturated carbocycles. The van der Waals surface area contributed by atoms with E-state index in [2.05, 4.69) is 78.9 Å². The molecule has 0 fully saturated rings. The number of thiophene rings is 1. The molecule has 3 heterocycles. The minimum Gasteiger partial charge on any atom is -0.455 e. The molecule has 0 unspecified atom stereocenters. The van der Waals surface area contributed by atoms with Crippen LogP contribution in [-0.2, 0) is 0 Å². The zero-order valence-corrected chi connectivity index (χ0v) is 26.4. The number of rotatable bonds is 4. The number of hydrogen-bond donors (Lipinski definition) is 0. The molecular formula is C43H25N3OS. The first kappa shape index (κ1) is 27.0. The van der Waals surface area contributed by atoms with Gasteiger partial charge in [-0.05, 0) is 35.2 Å². The Kier molecular flexibility index (Phi) is 6.01. The van der Waals surface area contributed by atoms with Crippen LogP contribution in [0.1, 0.15) is 0 Å². The van der Waals surface area contributed by atoms with Gasteiger partial charge in [0.2, 0.25) is 0 Å². The van der Waals surface area contributed by atoms with Gasteiger partial charge >= 0.3 is 0 Å². The van der Waals surface area contributed by atoms with Crippen LogP contribution in [0.4, 0.5) is 0 Å². The number of aromatic nitrogens is 3. The fraction of sp³-hybridized carbons (Fsp3) is 0. The smallest absolute Gasteiger partial charge is 0.164 e. The van der Waals surface area contributed by atoms with E-state index in [9.17, 15) is 0 Å². The standard InChI is InChI=1S/C43H25N3OS/c1-3-12-26(13-4-1)41-44-42(27-14-5-2-6-15-27)46-43(45-41)35-25-23-31(39-38(35)34-17-7-9-20-36(34)47-39)28-18-11-19-32-29(28)22-24-33-30-16-8-10-21-37(30)48-40(32)33/h1-25H. The second-order valence-corrected chi connectivity index (χ2v) is 13.0. The van der Waals surface area contributed by atoms with Crippen LogP contribution < -0.4 is 0 Å². The topological polar surface area (TPSA) is 51.8 Å². The quantitative estimate of drug-likeness (QED) is 0.194. The van der Waals surface area contributed by atoms with Crippen LogP contribution in [0.5, 0.6) is 0 Å². The van der Waals surface area contributed by atoms with Crippen LogP contribution >= 0.6 is 11.3 Å². The zero-order chi connectivity index (χ0) is 31.6. The summed E-state index contributed by atoms with van der Waals surface area (Å²) < 4.78 is 9.35. The lowest BCUT2D eigenvalue weighted by atomic mass is 9.93. The highest BCUT2D eigenvalue weighted by atomic mass is 32.1. The molecule has 0 saturated heterocycles. The average Bonchev–Trinajstić information content (AvgIpc) is 3.74. The van der Waals surface area contributed by atoms with E-state index in [0.29, 0.717) is 17.5 Å². The van der Waals surface area contributed by atoms with Crippen molar-refractivity contribution in [3.8, 4) is 45.3 Å². The normalized spacial score (nSPS) is 11.8. The van der Waals surface area contributed by atoms with Gasteiger partial charge in [-0.1, -0.05) is 127 Å². The fourth-order valence-corrected chi connectivity index (χ4v) is 8.16. The van der Waals surface area contributed by atoms with Crippen molar-refractivity contribution >= 4 is 64.2 Å². The Labute approximate surface area is 279 Å². The van der Waals surface area contributed by atoms with E-state index in [4.69, 9.17) is 19.4 Å². The molecule has 3 aromatic heterocycles. The Morgan fingerprint density at radius 2 is 0.979 bits per heavy atom. The molecule has 48 heavy (non-hydrogen) atoms. The van der Waals surface area contributed by atoms with Gasteiger partial charge in [0.1, 0.15) is 11.2 Å². The monoisotopic (exact) mass is 631 g/mol. The zero-order valence-electron chi connectivity index (χ0n) is 25.6. The van der Waals surface area contributed by atoms with Crippen LogP contribution in [0.3, 0.4) is 0 Å². The van der Waals surface area contributed by atoms with Crippen molar-refractivity contribution in [3.63, 3.8) is 0 Å². The van der Waals surface area contributed by atoms with Crippen LogP contribution in [-0.4, -0.2) is 15.0 Å². The maximum atomic E-state index is 6.75. The van der Waals surface area contributed by atoms with Crippen molar-refractivity contribution in [1.29, 1.82) is 0 Å². The highest BCUT2D eigenvalue weighted by molar-refractivity contribution is 7.26. The number of fused-ring (bicyclic) bond motifs is 8. The molecule has 7 aromatic carbocycles. The summed E-state index contributed by atoms with van der Waals surface area (Å²) in [6.45, 7) is 0. The third kappa shape index (κ3) is 4.18. The maximum Gasteiger partial charge on any atom is 0.164 e. The molecule has 5 heteroatoms. The summed E-state index contributed by atoms with van der Waals surface area (Å²) in [5.41, 5.74) is 6.60. The van der Waals surface area contributed by atoms with Crippen LogP contribution in [0, 0.1) is 0 Å². The van der Waals surface area contributed by atoms with Crippen molar-refractivity contribution in [2.45, 2.75) is 0 Å². The number of para-hydroxylation sites is 1. The Balaban J connectivity index is 1.25. The number of nitrogens with zero attached hydrogens (tertiary/aromatic N) is 3. The molecule has 0 radical (unpaired) electrons. The Hall–Kier alpha value is -6.17. The molecule has 0 spiro atoms. The van der Waals surface area contributed by atoms with Crippen LogP contribution in [0.25, 0.3) is 98.2 Å². The van der Waals surface area contributed by atoms with E-state index in [1.165, 1.54) is 30.9 Å². The summed E-state index contributed by atoms with van der Waals surface area (Å²) in [4.78, 5) is 15.1. The molecular weight excluding hydrogens is 607 g/mol. The van der Waals surface area contributed by atoms with E-state index < -0.39 is 0 Å². The SMILES string of the molecule is c1ccc(-c2nc(-c3ccccc3)nc(-c3ccc(-c4cccc5c4ccc4c6ccccc6sc54)c4oc5ccccc5c34)n2)cc1. The van der Waals surface area contributed by atoms with Crippen molar-refractivity contribution in [2.75, 3.05) is 0 Å². The second-order valence-electron chi connectivity index (χ2n) is 11.9. The molecule has 0 aliphatic carbocycles. The summed E-state index contributed by atoms with van der Waals surface area (Å²) in [6.07, 6.45) is 0. The molecule has 10 aromatic rings. The lowest BCUT2D eigenvalue weighted by Gasteiger charge is -2.12. The predicted molar refractivity (Wildman–Crippen MR) is 199 cm³/mol. The van der Waals surface area contributed by atoms with Crippen molar-refractivity contribution in [2.24, 2.45) is 0 Å². The third-order valence-electron chi connectivity index (χ3n) is 9.16. The second kappa shape index (κ2) is 10.7. The lowest BCUT2D eigenvalue weighted by Crippen LogP contribution is -2.00. The Morgan fingerprint density at radius 1 is 0.396 bits per heavy atom. The van der Waals surface area contributed by atoms with Gasteiger partial charge in [-0.2, -0.15) is 0 Å². The van der Waals surface area contributed by atoms with Gasteiger partial charge in [-0.3, -0.25) is 0 Å². The first-order valence-electron chi connectivity index (χ1n) is 15.9. The highest BCUT2D eigenvalue weighted by Crippen LogP contribution is 2.45. The van der Waals surface area contributed by atoms with Gasteiger partial charge in [0.15, 0.2) is 17.5 Å². The van der Waals surface area contributed by atoms with Gasteiger partial charge in [0.05, 0.1) is 0 Å². The van der Waals surface area contributed by atoms with E-state index >= 15 is 0 Å². The lowest BCUT2D eigenvalue weighted by molar-refractivity contribution is 0.670. The molecule has 10 rings (SSSR count). The van der Waals surface area contributed by atoms with Gasteiger partial charge in [0, 0.05) is 58.6 Å². The molecule has 224 valence electrons. The number of hydrogen-bond acceptors (Lipinski definition) is 5. The van der Waals surface area contributed by atoms with Gasteiger partial charge in [-0.15, -0.1) is 11.3 Å². The largest absolute Gasteiger partial charge is 0.455 e. The third-order valence-corrected chi connectivity index (χ3v) is 10.4. The molecule has 0 N–H and O–H groups in total. The first-order valence-corrected chi connectivity index (χ1v) is 16.8.